The summed E-state index contributed by atoms with van der Waals surface area (Å²) < 4.78 is 26.1. The van der Waals surface area contributed by atoms with Gasteiger partial charge < -0.3 is 4.43 Å². The molecule has 2 aromatic carbocycles. The quantitative estimate of drug-likeness (QED) is 0.0894. The molecule has 1 heterocycles. The van der Waals surface area contributed by atoms with E-state index < -0.39 is 35.0 Å². The molecule has 50 heavy (non-hydrogen) atoms. The van der Waals surface area contributed by atoms with Gasteiger partial charge in [-0.15, -0.1) is 0 Å². The number of rotatable bonds is 23. The van der Waals surface area contributed by atoms with Crippen molar-refractivity contribution >= 4 is 38.8 Å². The monoisotopic (exact) mass is 827 g/mol. The number of hydrogen-bond acceptors (Lipinski definition) is 4. The normalized spacial score (nSPS) is 13.6. The fourth-order valence-electron chi connectivity index (χ4n) is 6.98. The number of aromatic nitrogens is 1. The Morgan fingerprint density at radius 1 is 0.720 bits per heavy atom. The second kappa shape index (κ2) is 20.3. The third-order valence-corrected chi connectivity index (χ3v) is 36.0. The van der Waals surface area contributed by atoms with Gasteiger partial charge in [0.05, 0.1) is 6.61 Å². The van der Waals surface area contributed by atoms with Crippen molar-refractivity contribution in [1.29, 1.82) is 0 Å². The first-order valence-electron chi connectivity index (χ1n) is 20.3. The molecular weight excluding hydrogens is 753 g/mol. The fourth-order valence-corrected chi connectivity index (χ4v) is 25.8. The molecule has 0 saturated heterocycles. The fraction of sp³-hybridized carbons (Fsp3) is 0.651. The van der Waals surface area contributed by atoms with E-state index in [0.717, 1.165) is 25.3 Å². The van der Waals surface area contributed by atoms with E-state index in [0.29, 0.717) is 0 Å². The van der Waals surface area contributed by atoms with E-state index in [2.05, 4.69) is 130 Å². The van der Waals surface area contributed by atoms with Gasteiger partial charge in [-0.25, -0.2) is 0 Å². The number of aryl methyl sites for hydroxylation is 1. The topological polar surface area (TPSA) is 44.5 Å². The SMILES string of the molecule is CCC[CH2][Sn]([CH2]CCC)([CH2]CCC)[c]1cnc(C(CCc2ccc(-c3ccc(CO[Si](CC)(CC)CC)cc3)cc2)O[Si](C)(C)C(C)(C)C)o1. The molecule has 3 rings (SSSR count). The van der Waals surface area contributed by atoms with E-state index in [4.69, 9.17) is 18.3 Å². The molecule has 0 spiro atoms. The van der Waals surface area contributed by atoms with Gasteiger partial charge in [0.2, 0.25) is 0 Å². The van der Waals surface area contributed by atoms with Gasteiger partial charge in [-0.2, -0.15) is 0 Å². The van der Waals surface area contributed by atoms with Crippen LogP contribution in [0.2, 0.25) is 49.6 Å². The Balaban J connectivity index is 1.81. The average Bonchev–Trinajstić information content (AvgIpc) is 3.62. The molecule has 7 heteroatoms. The number of oxazole rings is 1. The van der Waals surface area contributed by atoms with Crippen LogP contribution in [0.4, 0.5) is 0 Å². The Labute approximate surface area is 314 Å². The van der Waals surface area contributed by atoms with Crippen LogP contribution < -0.4 is 3.78 Å². The Kier molecular flexibility index (Phi) is 17.6. The second-order valence-electron chi connectivity index (χ2n) is 16.5. The van der Waals surface area contributed by atoms with Crippen molar-refractivity contribution in [3.63, 3.8) is 0 Å². The zero-order chi connectivity index (χ0) is 36.8. The Bertz CT molecular complexity index is 1350. The van der Waals surface area contributed by atoms with Crippen LogP contribution in [0, 0.1) is 0 Å². The standard InChI is InChI=1S/C31H46NO3Si2.3C4H9.Sn/c1-9-37(10-2,11-3)34-24-26-14-19-28(20-15-26)27-17-12-25(13-18-27)16-21-29(30-32-22-23-33-30)35-36(7,8)31(4,5)6;3*1-3-4-2;/h12-15,17-20,22,29H,9-11,16,21,24H2,1-8H3;3*1,3-4H2,2H3;. The predicted molar refractivity (Wildman–Crippen MR) is 224 cm³/mol. The van der Waals surface area contributed by atoms with Gasteiger partial charge >= 0.3 is 240 Å². The summed E-state index contributed by atoms with van der Waals surface area (Å²) in [5.74, 6) is 0.827. The van der Waals surface area contributed by atoms with Gasteiger partial charge in [0.15, 0.2) is 8.32 Å². The molecule has 0 radical (unpaired) electrons. The number of benzene rings is 2. The van der Waals surface area contributed by atoms with Gasteiger partial charge in [-0.05, 0) is 23.7 Å². The molecule has 1 aromatic heterocycles. The third-order valence-electron chi connectivity index (χ3n) is 12.0. The molecule has 0 aliphatic carbocycles. The summed E-state index contributed by atoms with van der Waals surface area (Å²) in [6.45, 7) is 26.3. The number of hydrogen-bond donors (Lipinski definition) is 0. The van der Waals surface area contributed by atoms with Crippen LogP contribution in [0.5, 0.6) is 0 Å². The first-order valence-corrected chi connectivity index (χ1v) is 33.2. The molecule has 3 aromatic rings. The molecule has 0 fully saturated rings. The number of nitrogens with zero attached hydrogens (tertiary/aromatic N) is 1. The van der Waals surface area contributed by atoms with Crippen LogP contribution in [0.15, 0.2) is 59.1 Å². The molecule has 0 aliphatic rings. The Morgan fingerprint density at radius 3 is 1.64 bits per heavy atom. The summed E-state index contributed by atoms with van der Waals surface area (Å²) in [4.78, 5) is 5.06. The molecule has 280 valence electrons. The van der Waals surface area contributed by atoms with Crippen molar-refractivity contribution in [2.75, 3.05) is 0 Å². The van der Waals surface area contributed by atoms with Crippen molar-refractivity contribution in [2.24, 2.45) is 0 Å². The van der Waals surface area contributed by atoms with Crippen LogP contribution in [0.1, 0.15) is 130 Å². The first kappa shape index (κ1) is 43.2. The van der Waals surface area contributed by atoms with Gasteiger partial charge in [0, 0.05) is 0 Å². The molecule has 0 saturated carbocycles. The van der Waals surface area contributed by atoms with E-state index in [9.17, 15) is 0 Å². The first-order chi connectivity index (χ1) is 23.8. The van der Waals surface area contributed by atoms with Crippen LogP contribution in [0.3, 0.4) is 0 Å². The molecule has 0 N–H and O–H groups in total. The molecule has 0 bridgehead atoms. The zero-order valence-electron chi connectivity index (χ0n) is 34.1. The summed E-state index contributed by atoms with van der Waals surface area (Å²) in [6, 6.07) is 21.7. The van der Waals surface area contributed by atoms with Crippen LogP contribution in [-0.2, 0) is 21.9 Å². The predicted octanol–water partition coefficient (Wildman–Crippen LogP) is 13.6. The van der Waals surface area contributed by atoms with Gasteiger partial charge in [0.1, 0.15) is 0 Å². The molecule has 4 nitrogen and oxygen atoms in total. The van der Waals surface area contributed by atoms with Crippen molar-refractivity contribution < 1.29 is 13.3 Å². The summed E-state index contributed by atoms with van der Waals surface area (Å²) in [7, 11) is -3.64. The Morgan fingerprint density at radius 2 is 1.20 bits per heavy atom. The molecule has 0 aliphatic heterocycles. The molecule has 0 amide bonds. The van der Waals surface area contributed by atoms with Gasteiger partial charge in [0.25, 0.3) is 0 Å². The summed E-state index contributed by atoms with van der Waals surface area (Å²) in [5, 5.41) is 0.115. The molecule has 1 atom stereocenters. The van der Waals surface area contributed by atoms with E-state index in [1.165, 1.54) is 96.0 Å². The summed E-state index contributed by atoms with van der Waals surface area (Å²) in [6.07, 6.45) is 11.6. The van der Waals surface area contributed by atoms with Gasteiger partial charge in [-0.1, -0.05) is 32.9 Å². The second-order valence-corrected chi connectivity index (χ2v) is 39.0. The van der Waals surface area contributed by atoms with E-state index in [1.807, 2.05) is 0 Å². The van der Waals surface area contributed by atoms with Crippen molar-refractivity contribution in [1.82, 2.24) is 4.98 Å². The van der Waals surface area contributed by atoms with Crippen molar-refractivity contribution in [2.45, 2.75) is 176 Å². The van der Waals surface area contributed by atoms with Crippen molar-refractivity contribution in [3.05, 3.63) is 71.7 Å². The zero-order valence-corrected chi connectivity index (χ0v) is 38.9. The van der Waals surface area contributed by atoms with Crippen LogP contribution >= 0.6 is 0 Å². The van der Waals surface area contributed by atoms with E-state index >= 15 is 0 Å². The summed E-state index contributed by atoms with van der Waals surface area (Å²) >= 11 is -2.73. The minimum absolute atomic E-state index is 0.115. The number of unbranched alkanes of at least 4 members (excludes halogenated alkanes) is 3. The average molecular weight is 827 g/mol. The maximum absolute atomic E-state index is 7.14. The van der Waals surface area contributed by atoms with Crippen LogP contribution in [-0.4, -0.2) is 40.0 Å². The molecular formula is C43H73NO3Si2Sn. The van der Waals surface area contributed by atoms with Crippen LogP contribution in [0.25, 0.3) is 11.1 Å². The third kappa shape index (κ3) is 11.9. The van der Waals surface area contributed by atoms with E-state index in [1.54, 1.807) is 0 Å². The van der Waals surface area contributed by atoms with Crippen molar-refractivity contribution in [3.8, 4) is 11.1 Å². The maximum atomic E-state index is 7.14. The minimum atomic E-state index is -2.73. The Hall–Kier alpha value is -1.20. The van der Waals surface area contributed by atoms with Gasteiger partial charge in [-0.3, -0.25) is 0 Å². The molecule has 1 unspecified atom stereocenters. The van der Waals surface area contributed by atoms with E-state index in [-0.39, 0.29) is 11.1 Å². The summed E-state index contributed by atoms with van der Waals surface area (Å²) in [5.41, 5.74) is 5.10.